The quantitative estimate of drug-likeness (QED) is 0.360. The zero-order chi connectivity index (χ0) is 23.4. The van der Waals surface area contributed by atoms with Crippen LogP contribution in [0.4, 0.5) is 5.69 Å². The van der Waals surface area contributed by atoms with E-state index in [2.05, 4.69) is 0 Å². The lowest BCUT2D eigenvalue weighted by Crippen LogP contribution is -2.48. The van der Waals surface area contributed by atoms with E-state index in [0.29, 0.717) is 25.9 Å². The molecule has 2 fully saturated rings. The predicted octanol–water partition coefficient (Wildman–Crippen LogP) is 1.17. The molecule has 10 nitrogen and oxygen atoms in total. The summed E-state index contributed by atoms with van der Waals surface area (Å²) in [5.41, 5.74) is 0.106. The van der Waals surface area contributed by atoms with E-state index in [4.69, 9.17) is 14.2 Å². The highest BCUT2D eigenvalue weighted by Crippen LogP contribution is 2.30. The van der Waals surface area contributed by atoms with Crippen molar-refractivity contribution >= 4 is 35.4 Å². The monoisotopic (exact) mass is 446 g/mol. The molecule has 0 bridgehead atoms. The fourth-order valence-corrected chi connectivity index (χ4v) is 4.13. The summed E-state index contributed by atoms with van der Waals surface area (Å²) >= 11 is 0. The van der Waals surface area contributed by atoms with Crippen molar-refractivity contribution in [3.05, 3.63) is 29.3 Å². The number of imide groups is 1. The van der Waals surface area contributed by atoms with Crippen LogP contribution in [0.15, 0.2) is 18.2 Å². The molecule has 172 valence electrons. The number of methoxy groups -OCH3 is 2. The maximum absolute atomic E-state index is 13.2. The molecule has 0 aliphatic carbocycles. The highest BCUT2D eigenvalue weighted by Gasteiger charge is 2.45. The van der Waals surface area contributed by atoms with Gasteiger partial charge in [0.2, 0.25) is 5.91 Å². The van der Waals surface area contributed by atoms with E-state index in [9.17, 15) is 24.0 Å². The number of esters is 3. The van der Waals surface area contributed by atoms with Gasteiger partial charge in [-0.25, -0.2) is 14.5 Å². The number of likely N-dealkylation sites (tertiary alicyclic amines) is 1. The molecule has 0 saturated carbocycles. The molecule has 10 heteroatoms. The Morgan fingerprint density at radius 3 is 2.22 bits per heavy atom. The van der Waals surface area contributed by atoms with Crippen LogP contribution in [-0.2, 0) is 28.6 Å². The van der Waals surface area contributed by atoms with Crippen molar-refractivity contribution in [2.24, 2.45) is 5.92 Å². The van der Waals surface area contributed by atoms with E-state index >= 15 is 0 Å². The van der Waals surface area contributed by atoms with E-state index in [-0.39, 0.29) is 41.7 Å². The Hall–Kier alpha value is -3.27. The minimum Gasteiger partial charge on any atom is -0.466 e. The van der Waals surface area contributed by atoms with Gasteiger partial charge in [-0.2, -0.15) is 0 Å². The van der Waals surface area contributed by atoms with Gasteiger partial charge in [-0.15, -0.1) is 0 Å². The summed E-state index contributed by atoms with van der Waals surface area (Å²) in [6, 6.07) is 3.20. The van der Waals surface area contributed by atoms with Gasteiger partial charge < -0.3 is 14.2 Å². The number of carbonyl (C=O) groups is 5. The summed E-state index contributed by atoms with van der Waals surface area (Å²) in [6.07, 6.45) is 1.30. The highest BCUT2D eigenvalue weighted by molar-refractivity contribution is 6.23. The molecular weight excluding hydrogens is 420 g/mol. The molecule has 32 heavy (non-hydrogen) atoms. The number of piperidine rings is 1. The lowest BCUT2D eigenvalue weighted by Gasteiger charge is -2.34. The SMILES string of the molecule is CCOC(=O)C1CCCN(C2CC(=O)N(c3cc(C(=O)OC)cc(C(=O)OC)c3)C2=O)C1. The molecule has 3 rings (SSSR count). The fourth-order valence-electron chi connectivity index (χ4n) is 4.13. The molecule has 2 amide bonds. The third-order valence-corrected chi connectivity index (χ3v) is 5.65. The summed E-state index contributed by atoms with van der Waals surface area (Å²) in [4.78, 5) is 65.1. The number of amides is 2. The van der Waals surface area contributed by atoms with Crippen molar-refractivity contribution < 1.29 is 38.2 Å². The minimum atomic E-state index is -0.733. The van der Waals surface area contributed by atoms with Gasteiger partial charge >= 0.3 is 17.9 Å². The maximum Gasteiger partial charge on any atom is 0.337 e. The second-order valence-corrected chi connectivity index (χ2v) is 7.63. The van der Waals surface area contributed by atoms with Gasteiger partial charge in [0.25, 0.3) is 5.91 Å². The van der Waals surface area contributed by atoms with Crippen LogP contribution >= 0.6 is 0 Å². The molecule has 0 spiro atoms. The molecule has 0 aromatic heterocycles. The largest absolute Gasteiger partial charge is 0.466 e. The summed E-state index contributed by atoms with van der Waals surface area (Å²) in [6.45, 7) is 2.92. The van der Waals surface area contributed by atoms with Crippen LogP contribution in [0, 0.1) is 5.92 Å². The molecule has 1 aromatic carbocycles. The number of hydrogen-bond donors (Lipinski definition) is 0. The Morgan fingerprint density at radius 1 is 1.03 bits per heavy atom. The normalized spacial score (nSPS) is 21.4. The Balaban J connectivity index is 1.88. The highest BCUT2D eigenvalue weighted by atomic mass is 16.5. The zero-order valence-corrected chi connectivity index (χ0v) is 18.3. The predicted molar refractivity (Wildman–Crippen MR) is 111 cm³/mol. The molecule has 2 unspecified atom stereocenters. The number of rotatable bonds is 6. The first kappa shape index (κ1) is 23.4. The summed E-state index contributed by atoms with van der Waals surface area (Å²) in [5.74, 6) is -3.04. The van der Waals surface area contributed by atoms with Gasteiger partial charge in [-0.3, -0.25) is 19.3 Å². The standard InChI is InChI=1S/C22H26N2O8/c1-4-32-22(29)13-6-5-7-23(12-13)17-11-18(25)24(19(17)26)16-9-14(20(27)30-2)8-15(10-16)21(28)31-3/h8-10,13,17H,4-7,11-12H2,1-3H3. The third kappa shape index (κ3) is 4.64. The third-order valence-electron chi connectivity index (χ3n) is 5.65. The Bertz CT molecular complexity index is 910. The van der Waals surface area contributed by atoms with Crippen LogP contribution in [-0.4, -0.2) is 74.6 Å². The van der Waals surface area contributed by atoms with Gasteiger partial charge in [0.05, 0.1) is 56.0 Å². The van der Waals surface area contributed by atoms with Gasteiger partial charge in [-0.1, -0.05) is 0 Å². The molecule has 0 radical (unpaired) electrons. The van der Waals surface area contributed by atoms with Gasteiger partial charge in [-0.05, 0) is 44.5 Å². The molecule has 2 atom stereocenters. The Kier molecular flexibility index (Phi) is 7.24. The van der Waals surface area contributed by atoms with Crippen molar-refractivity contribution in [3.63, 3.8) is 0 Å². The first-order valence-electron chi connectivity index (χ1n) is 10.4. The minimum absolute atomic E-state index is 0.00907. The van der Waals surface area contributed by atoms with E-state index in [1.165, 1.54) is 32.4 Å². The van der Waals surface area contributed by atoms with E-state index < -0.39 is 29.8 Å². The summed E-state index contributed by atoms with van der Waals surface area (Å²) < 4.78 is 14.5. The first-order chi connectivity index (χ1) is 15.3. The van der Waals surface area contributed by atoms with Crippen LogP contribution in [0.2, 0.25) is 0 Å². The second kappa shape index (κ2) is 9.90. The molecule has 2 saturated heterocycles. The van der Waals surface area contributed by atoms with Crippen LogP contribution in [0.25, 0.3) is 0 Å². The van der Waals surface area contributed by atoms with Crippen molar-refractivity contribution in [2.75, 3.05) is 38.8 Å². The summed E-state index contributed by atoms with van der Waals surface area (Å²) in [5, 5.41) is 0. The Labute approximate surface area is 185 Å². The molecule has 0 N–H and O–H groups in total. The van der Waals surface area contributed by atoms with Crippen molar-refractivity contribution in [1.82, 2.24) is 4.90 Å². The van der Waals surface area contributed by atoms with E-state index in [1.54, 1.807) is 6.92 Å². The molecule has 2 aliphatic heterocycles. The zero-order valence-electron chi connectivity index (χ0n) is 18.3. The number of carbonyl (C=O) groups excluding carboxylic acids is 5. The van der Waals surface area contributed by atoms with Crippen molar-refractivity contribution in [1.29, 1.82) is 0 Å². The van der Waals surface area contributed by atoms with Crippen LogP contribution in [0.3, 0.4) is 0 Å². The number of ether oxygens (including phenoxy) is 3. The number of anilines is 1. The van der Waals surface area contributed by atoms with Crippen LogP contribution in [0.1, 0.15) is 46.9 Å². The molecule has 2 aliphatic rings. The van der Waals surface area contributed by atoms with Crippen LogP contribution in [0.5, 0.6) is 0 Å². The smallest absolute Gasteiger partial charge is 0.337 e. The first-order valence-corrected chi connectivity index (χ1v) is 10.4. The average molecular weight is 446 g/mol. The van der Waals surface area contributed by atoms with E-state index in [0.717, 1.165) is 4.90 Å². The van der Waals surface area contributed by atoms with E-state index in [1.807, 2.05) is 4.90 Å². The van der Waals surface area contributed by atoms with Gasteiger partial charge in [0.1, 0.15) is 0 Å². The second-order valence-electron chi connectivity index (χ2n) is 7.63. The van der Waals surface area contributed by atoms with Crippen LogP contribution < -0.4 is 4.90 Å². The summed E-state index contributed by atoms with van der Waals surface area (Å²) in [7, 11) is 2.37. The molecule has 1 aromatic rings. The van der Waals surface area contributed by atoms with Crippen molar-refractivity contribution in [2.45, 2.75) is 32.2 Å². The number of hydrogen-bond acceptors (Lipinski definition) is 9. The van der Waals surface area contributed by atoms with Gasteiger partial charge in [0.15, 0.2) is 0 Å². The van der Waals surface area contributed by atoms with Crippen molar-refractivity contribution in [3.8, 4) is 0 Å². The Morgan fingerprint density at radius 2 is 1.66 bits per heavy atom. The lowest BCUT2D eigenvalue weighted by atomic mass is 9.96. The maximum atomic E-state index is 13.2. The van der Waals surface area contributed by atoms with Gasteiger partial charge in [0, 0.05) is 6.54 Å². The topological polar surface area (TPSA) is 120 Å². The number of benzene rings is 1. The fraction of sp³-hybridized carbons (Fsp3) is 0.500. The lowest BCUT2D eigenvalue weighted by molar-refractivity contribution is -0.150. The molecule has 2 heterocycles. The molecular formula is C22H26N2O8. The average Bonchev–Trinajstić information content (AvgIpc) is 3.11. The number of nitrogens with zero attached hydrogens (tertiary/aromatic N) is 2.